The highest BCUT2D eigenvalue weighted by Gasteiger charge is 2.21. The molecule has 0 radical (unpaired) electrons. The molecule has 0 bridgehead atoms. The number of thiazole rings is 1. The number of nitro groups is 1. The Morgan fingerprint density at radius 1 is 1.43 bits per heavy atom. The number of nitrogens with one attached hydrogen (secondary N) is 1. The summed E-state index contributed by atoms with van der Waals surface area (Å²) in [6, 6.07) is 4.30. The zero-order valence-corrected chi connectivity index (χ0v) is 13.9. The molecule has 1 N–H and O–H groups in total. The van der Waals surface area contributed by atoms with Crippen LogP contribution in [0.5, 0.6) is 0 Å². The molecule has 2 aromatic rings. The second-order valence-corrected chi connectivity index (χ2v) is 6.21. The van der Waals surface area contributed by atoms with Crippen molar-refractivity contribution in [1.82, 2.24) is 4.98 Å². The van der Waals surface area contributed by atoms with Crippen molar-refractivity contribution < 1.29 is 14.5 Å². The molecule has 1 aromatic carbocycles. The van der Waals surface area contributed by atoms with Gasteiger partial charge < -0.3 is 10.1 Å². The molecule has 0 saturated carbocycles. The highest BCUT2D eigenvalue weighted by Crippen LogP contribution is 2.24. The van der Waals surface area contributed by atoms with Crippen LogP contribution in [0.4, 0.5) is 11.4 Å². The van der Waals surface area contributed by atoms with E-state index in [2.05, 4.69) is 10.3 Å². The Bertz CT molecular complexity index is 742. The normalized spacial score (nSPS) is 10.4. The van der Waals surface area contributed by atoms with E-state index in [0.717, 1.165) is 15.6 Å². The zero-order chi connectivity index (χ0) is 17.0. The predicted octanol–water partition coefficient (Wildman–Crippen LogP) is 3.46. The first-order valence-electron chi connectivity index (χ1n) is 7.04. The summed E-state index contributed by atoms with van der Waals surface area (Å²) in [7, 11) is 0. The van der Waals surface area contributed by atoms with Gasteiger partial charge in [0.05, 0.1) is 28.8 Å². The first-order valence-corrected chi connectivity index (χ1v) is 7.86. The fraction of sp³-hybridized carbons (Fsp3) is 0.333. The maximum atomic E-state index is 11.9. The van der Waals surface area contributed by atoms with Crippen LogP contribution in [-0.4, -0.2) is 22.5 Å². The van der Waals surface area contributed by atoms with E-state index in [1.54, 1.807) is 24.3 Å². The number of hydrogen-bond acceptors (Lipinski definition) is 7. The van der Waals surface area contributed by atoms with E-state index < -0.39 is 10.9 Å². The number of esters is 1. The van der Waals surface area contributed by atoms with E-state index in [1.165, 1.54) is 12.1 Å². The molecule has 23 heavy (non-hydrogen) atoms. The summed E-state index contributed by atoms with van der Waals surface area (Å²) in [6.45, 7) is 6.22. The van der Waals surface area contributed by atoms with Crippen molar-refractivity contribution in [3.8, 4) is 0 Å². The van der Waals surface area contributed by atoms with Gasteiger partial charge in [-0.2, -0.15) is 0 Å². The molecule has 0 spiro atoms. The lowest BCUT2D eigenvalue weighted by Gasteiger charge is -2.08. The molecular weight excluding hydrogens is 318 g/mol. The minimum Gasteiger partial charge on any atom is -0.462 e. The van der Waals surface area contributed by atoms with Gasteiger partial charge in [0, 0.05) is 16.6 Å². The predicted molar refractivity (Wildman–Crippen MR) is 88.0 cm³/mol. The quantitative estimate of drug-likeness (QED) is 0.493. The van der Waals surface area contributed by atoms with Gasteiger partial charge >= 0.3 is 5.97 Å². The number of nitro benzene ring substituents is 1. The standard InChI is InChI=1S/C15H17N3O4S/c1-4-22-15(19)12-7-11(5-6-14(12)18(20)21)16-8-13-9(2)23-10(3)17-13/h5-7,16H,4,8H2,1-3H3. The Balaban J connectivity index is 2.22. The van der Waals surface area contributed by atoms with Crippen LogP contribution in [-0.2, 0) is 11.3 Å². The number of benzene rings is 1. The molecule has 2 rings (SSSR count). The highest BCUT2D eigenvalue weighted by molar-refractivity contribution is 7.11. The van der Waals surface area contributed by atoms with Crippen LogP contribution in [0.3, 0.4) is 0 Å². The van der Waals surface area contributed by atoms with Gasteiger partial charge in [0.25, 0.3) is 5.69 Å². The molecule has 0 fully saturated rings. The molecule has 0 atom stereocenters. The molecule has 8 heteroatoms. The molecule has 0 aliphatic carbocycles. The summed E-state index contributed by atoms with van der Waals surface area (Å²) in [4.78, 5) is 27.9. The molecule has 7 nitrogen and oxygen atoms in total. The molecule has 1 heterocycles. The summed E-state index contributed by atoms with van der Waals surface area (Å²) in [5, 5.41) is 15.2. The summed E-state index contributed by atoms with van der Waals surface area (Å²) in [6.07, 6.45) is 0. The van der Waals surface area contributed by atoms with Crippen molar-refractivity contribution in [2.45, 2.75) is 27.3 Å². The highest BCUT2D eigenvalue weighted by atomic mass is 32.1. The number of anilines is 1. The Labute approximate surface area is 137 Å². The van der Waals surface area contributed by atoms with Gasteiger partial charge in [-0.15, -0.1) is 11.3 Å². The minimum absolute atomic E-state index is 0.0620. The van der Waals surface area contributed by atoms with Crippen LogP contribution in [0.2, 0.25) is 0 Å². The molecule has 0 aliphatic heterocycles. The van der Waals surface area contributed by atoms with Gasteiger partial charge in [0.2, 0.25) is 0 Å². The number of ether oxygens (including phenoxy) is 1. The summed E-state index contributed by atoms with van der Waals surface area (Å²) in [5.41, 5.74) is 1.19. The second kappa shape index (κ2) is 7.19. The molecule has 0 saturated heterocycles. The topological polar surface area (TPSA) is 94.4 Å². The third kappa shape index (κ3) is 4.04. The Morgan fingerprint density at radius 2 is 2.17 bits per heavy atom. The number of rotatable bonds is 6. The van der Waals surface area contributed by atoms with Gasteiger partial charge in [-0.25, -0.2) is 9.78 Å². The van der Waals surface area contributed by atoms with Gasteiger partial charge in [-0.05, 0) is 32.9 Å². The van der Waals surface area contributed by atoms with Crippen molar-refractivity contribution in [1.29, 1.82) is 0 Å². The maximum absolute atomic E-state index is 11.9. The van der Waals surface area contributed by atoms with Crippen LogP contribution in [0.1, 0.15) is 32.9 Å². The van der Waals surface area contributed by atoms with Crippen molar-refractivity contribution in [2.75, 3.05) is 11.9 Å². The van der Waals surface area contributed by atoms with Crippen LogP contribution in [0.25, 0.3) is 0 Å². The van der Waals surface area contributed by atoms with Crippen molar-refractivity contribution >= 4 is 28.7 Å². The fourth-order valence-electron chi connectivity index (χ4n) is 2.10. The van der Waals surface area contributed by atoms with Gasteiger partial charge in [0.15, 0.2) is 0 Å². The van der Waals surface area contributed by atoms with Gasteiger partial charge in [0.1, 0.15) is 5.56 Å². The maximum Gasteiger partial charge on any atom is 0.345 e. The zero-order valence-electron chi connectivity index (χ0n) is 13.1. The summed E-state index contributed by atoms with van der Waals surface area (Å²) in [5.74, 6) is -0.705. The van der Waals surface area contributed by atoms with E-state index in [-0.39, 0.29) is 17.9 Å². The second-order valence-electron chi connectivity index (χ2n) is 4.80. The monoisotopic (exact) mass is 335 g/mol. The number of carbonyl (C=O) groups is 1. The first kappa shape index (κ1) is 16.9. The van der Waals surface area contributed by atoms with E-state index in [0.29, 0.717) is 12.2 Å². The molecular formula is C15H17N3O4S. The van der Waals surface area contributed by atoms with E-state index in [4.69, 9.17) is 4.74 Å². The molecule has 122 valence electrons. The number of aryl methyl sites for hydroxylation is 2. The lowest BCUT2D eigenvalue weighted by Crippen LogP contribution is -2.09. The SMILES string of the molecule is CCOC(=O)c1cc(NCc2nc(C)sc2C)ccc1[N+](=O)[O-]. The van der Waals surface area contributed by atoms with E-state index in [1.807, 2.05) is 13.8 Å². The van der Waals surface area contributed by atoms with E-state index in [9.17, 15) is 14.9 Å². The molecule has 1 aromatic heterocycles. The number of carbonyl (C=O) groups excluding carboxylic acids is 1. The molecule has 0 unspecified atom stereocenters. The number of aromatic nitrogens is 1. The lowest BCUT2D eigenvalue weighted by molar-refractivity contribution is -0.385. The third-order valence-corrected chi connectivity index (χ3v) is 4.08. The lowest BCUT2D eigenvalue weighted by atomic mass is 10.1. The minimum atomic E-state index is -0.705. The van der Waals surface area contributed by atoms with Crippen LogP contribution >= 0.6 is 11.3 Å². The molecule has 0 aliphatic rings. The summed E-state index contributed by atoms with van der Waals surface area (Å²) >= 11 is 1.61. The summed E-state index contributed by atoms with van der Waals surface area (Å²) < 4.78 is 4.88. The van der Waals surface area contributed by atoms with Gasteiger partial charge in [-0.1, -0.05) is 0 Å². The van der Waals surface area contributed by atoms with Crippen molar-refractivity contribution in [3.63, 3.8) is 0 Å². The van der Waals surface area contributed by atoms with Gasteiger partial charge in [-0.3, -0.25) is 10.1 Å². The first-order chi connectivity index (χ1) is 10.9. The van der Waals surface area contributed by atoms with Crippen LogP contribution in [0, 0.1) is 24.0 Å². The Morgan fingerprint density at radius 3 is 2.74 bits per heavy atom. The third-order valence-electron chi connectivity index (χ3n) is 3.15. The van der Waals surface area contributed by atoms with E-state index >= 15 is 0 Å². The average molecular weight is 335 g/mol. The smallest absolute Gasteiger partial charge is 0.345 e. The van der Waals surface area contributed by atoms with Crippen LogP contribution < -0.4 is 5.32 Å². The Kier molecular flexibility index (Phi) is 5.28. The Hall–Kier alpha value is -2.48. The largest absolute Gasteiger partial charge is 0.462 e. The molecule has 0 amide bonds. The van der Waals surface area contributed by atoms with Crippen molar-refractivity contribution in [3.05, 3.63) is 49.5 Å². The number of nitrogens with zero attached hydrogens (tertiary/aromatic N) is 2. The van der Waals surface area contributed by atoms with Crippen LogP contribution in [0.15, 0.2) is 18.2 Å². The number of hydrogen-bond donors (Lipinski definition) is 1. The average Bonchev–Trinajstić information content (AvgIpc) is 2.82. The van der Waals surface area contributed by atoms with Crippen molar-refractivity contribution in [2.24, 2.45) is 0 Å². The fourth-order valence-corrected chi connectivity index (χ4v) is 2.93.